The van der Waals surface area contributed by atoms with Crippen LogP contribution in [0.2, 0.25) is 0 Å². The average Bonchev–Trinajstić information content (AvgIpc) is 3.31. The highest BCUT2D eigenvalue weighted by Gasteiger charge is 2.48. The third kappa shape index (κ3) is 3.27. The minimum Gasteiger partial charge on any atom is -0.459 e. The number of likely N-dealkylation sites (N-methyl/N-ethyl adjacent to an activating group) is 1. The Hall–Kier alpha value is -1.86. The van der Waals surface area contributed by atoms with Crippen LogP contribution in [-0.2, 0) is 4.79 Å². The number of nitrogens with one attached hydrogen (secondary N) is 1. The molecule has 1 aromatic rings. The summed E-state index contributed by atoms with van der Waals surface area (Å²) < 4.78 is 5.39. The maximum atomic E-state index is 13.1. The van der Waals surface area contributed by atoms with Crippen LogP contribution in [0.3, 0.4) is 0 Å². The van der Waals surface area contributed by atoms with E-state index in [9.17, 15) is 9.59 Å². The molecule has 1 aliphatic carbocycles. The lowest BCUT2D eigenvalue weighted by Gasteiger charge is -2.54. The van der Waals surface area contributed by atoms with Gasteiger partial charge >= 0.3 is 0 Å². The number of hydrogen-bond acceptors (Lipinski definition) is 5. The molecule has 0 aromatic carbocycles. The summed E-state index contributed by atoms with van der Waals surface area (Å²) in [6.45, 7) is 6.17. The molecule has 2 amide bonds. The number of rotatable bonds is 2. The Kier molecular flexibility index (Phi) is 4.99. The first-order chi connectivity index (χ1) is 13.0. The SMILES string of the molecule is CC(=O)N1C2CCC(C3CNCN3C)CC2N(C(=O)c2ccco2)C[C@@H]1C. The molecule has 5 atom stereocenters. The zero-order valence-electron chi connectivity index (χ0n) is 16.4. The van der Waals surface area contributed by atoms with Crippen molar-refractivity contribution in [2.45, 2.75) is 57.3 Å². The Bertz CT molecular complexity index is 691. The lowest BCUT2D eigenvalue weighted by molar-refractivity contribution is -0.141. The molecular formula is C20H30N4O3. The van der Waals surface area contributed by atoms with Crippen molar-refractivity contribution < 1.29 is 14.0 Å². The van der Waals surface area contributed by atoms with Crippen LogP contribution in [0.4, 0.5) is 0 Å². The van der Waals surface area contributed by atoms with Gasteiger partial charge in [0.25, 0.3) is 5.91 Å². The van der Waals surface area contributed by atoms with E-state index in [-0.39, 0.29) is 29.9 Å². The predicted octanol–water partition coefficient (Wildman–Crippen LogP) is 1.37. The van der Waals surface area contributed by atoms with E-state index in [2.05, 4.69) is 17.3 Å². The molecule has 7 heteroatoms. The fourth-order valence-corrected chi connectivity index (χ4v) is 5.51. The van der Waals surface area contributed by atoms with E-state index in [1.807, 2.05) is 16.7 Å². The van der Waals surface area contributed by atoms with Crippen molar-refractivity contribution >= 4 is 11.8 Å². The maximum Gasteiger partial charge on any atom is 0.289 e. The topological polar surface area (TPSA) is 69.0 Å². The summed E-state index contributed by atoms with van der Waals surface area (Å²) in [6, 6.07) is 4.15. The van der Waals surface area contributed by atoms with Crippen molar-refractivity contribution in [3.63, 3.8) is 0 Å². The van der Waals surface area contributed by atoms with E-state index in [0.717, 1.165) is 32.5 Å². The smallest absolute Gasteiger partial charge is 0.289 e. The number of nitrogens with zero attached hydrogens (tertiary/aromatic N) is 3. The molecule has 7 nitrogen and oxygen atoms in total. The first-order valence-corrected chi connectivity index (χ1v) is 10.0. The van der Waals surface area contributed by atoms with Gasteiger partial charge in [-0.05, 0) is 51.3 Å². The number of carbonyl (C=O) groups is 2. The number of hydrogen-bond donors (Lipinski definition) is 1. The maximum absolute atomic E-state index is 13.1. The zero-order valence-corrected chi connectivity index (χ0v) is 16.4. The Morgan fingerprint density at radius 1 is 1.22 bits per heavy atom. The van der Waals surface area contributed by atoms with Gasteiger partial charge in [0, 0.05) is 38.8 Å². The Labute approximate surface area is 160 Å². The van der Waals surface area contributed by atoms with E-state index in [0.29, 0.717) is 24.3 Å². The van der Waals surface area contributed by atoms with Gasteiger partial charge in [0.2, 0.25) is 5.91 Å². The third-order valence-corrected chi connectivity index (χ3v) is 6.70. The van der Waals surface area contributed by atoms with Gasteiger partial charge in [-0.2, -0.15) is 0 Å². The largest absolute Gasteiger partial charge is 0.459 e. The van der Waals surface area contributed by atoms with Gasteiger partial charge in [0.1, 0.15) is 0 Å². The van der Waals surface area contributed by atoms with Crippen molar-refractivity contribution in [3.05, 3.63) is 24.2 Å². The van der Waals surface area contributed by atoms with E-state index in [4.69, 9.17) is 4.42 Å². The summed E-state index contributed by atoms with van der Waals surface area (Å²) in [4.78, 5) is 31.8. The summed E-state index contributed by atoms with van der Waals surface area (Å²) in [5.74, 6) is 0.976. The highest BCUT2D eigenvalue weighted by Crippen LogP contribution is 2.38. The molecule has 4 unspecified atom stereocenters. The van der Waals surface area contributed by atoms with E-state index in [1.54, 1.807) is 25.3 Å². The molecule has 2 saturated heterocycles. The summed E-state index contributed by atoms with van der Waals surface area (Å²) in [6.07, 6.45) is 4.52. The van der Waals surface area contributed by atoms with E-state index >= 15 is 0 Å². The second-order valence-electron chi connectivity index (χ2n) is 8.35. The quantitative estimate of drug-likeness (QED) is 0.847. The van der Waals surface area contributed by atoms with Crippen LogP contribution in [0.1, 0.15) is 43.7 Å². The molecule has 3 aliphatic rings. The number of furan rings is 1. The molecule has 1 N–H and O–H groups in total. The Morgan fingerprint density at radius 2 is 2.04 bits per heavy atom. The molecule has 0 bridgehead atoms. The Morgan fingerprint density at radius 3 is 2.67 bits per heavy atom. The number of piperazine rings is 1. The van der Waals surface area contributed by atoms with Gasteiger partial charge in [0.05, 0.1) is 18.3 Å². The Balaban J connectivity index is 1.61. The number of fused-ring (bicyclic) bond motifs is 1. The average molecular weight is 374 g/mol. The predicted molar refractivity (Wildman–Crippen MR) is 101 cm³/mol. The molecule has 27 heavy (non-hydrogen) atoms. The minimum absolute atomic E-state index is 0.0232. The standard InChI is InChI=1S/C20H30N4O3/c1-13-11-23(20(26)19-5-4-8-27-19)17-9-15(18-10-21-12-22(18)3)6-7-16(17)24(13)14(2)25/h4-5,8,13,15-18,21H,6-7,9-12H2,1-3H3/t13-,15?,16?,17?,18?/m0/s1. The molecule has 1 aromatic heterocycles. The molecule has 0 spiro atoms. The van der Waals surface area contributed by atoms with Crippen LogP contribution in [0.25, 0.3) is 0 Å². The second kappa shape index (κ2) is 7.28. The fraction of sp³-hybridized carbons (Fsp3) is 0.700. The molecule has 0 radical (unpaired) electrons. The first kappa shape index (κ1) is 18.5. The van der Waals surface area contributed by atoms with Crippen LogP contribution < -0.4 is 5.32 Å². The monoisotopic (exact) mass is 374 g/mol. The van der Waals surface area contributed by atoms with Gasteiger partial charge in [-0.1, -0.05) is 0 Å². The van der Waals surface area contributed by atoms with Gasteiger partial charge in [-0.25, -0.2) is 0 Å². The molecule has 1 saturated carbocycles. The summed E-state index contributed by atoms with van der Waals surface area (Å²) in [7, 11) is 2.16. The number of carbonyl (C=O) groups excluding carboxylic acids is 2. The van der Waals surface area contributed by atoms with Gasteiger partial charge in [0.15, 0.2) is 5.76 Å². The van der Waals surface area contributed by atoms with Crippen molar-refractivity contribution in [1.29, 1.82) is 0 Å². The van der Waals surface area contributed by atoms with Crippen molar-refractivity contribution in [2.24, 2.45) is 5.92 Å². The van der Waals surface area contributed by atoms with Gasteiger partial charge < -0.3 is 19.5 Å². The van der Waals surface area contributed by atoms with Crippen LogP contribution in [0, 0.1) is 5.92 Å². The molecular weight excluding hydrogens is 344 g/mol. The van der Waals surface area contributed by atoms with Crippen LogP contribution >= 0.6 is 0 Å². The fourth-order valence-electron chi connectivity index (χ4n) is 5.51. The van der Waals surface area contributed by atoms with Crippen LogP contribution in [-0.4, -0.2) is 77.5 Å². The summed E-state index contributed by atoms with van der Waals surface area (Å²) in [5, 5.41) is 3.45. The van der Waals surface area contributed by atoms with Crippen molar-refractivity contribution in [2.75, 3.05) is 26.8 Å². The molecule has 148 valence electrons. The molecule has 2 aliphatic heterocycles. The van der Waals surface area contributed by atoms with Gasteiger partial charge in [-0.15, -0.1) is 0 Å². The molecule has 3 heterocycles. The summed E-state index contributed by atoms with van der Waals surface area (Å²) in [5.41, 5.74) is 0. The van der Waals surface area contributed by atoms with E-state index in [1.165, 1.54) is 0 Å². The lowest BCUT2D eigenvalue weighted by Crippen LogP contribution is -2.67. The molecule has 4 rings (SSSR count). The van der Waals surface area contributed by atoms with Crippen LogP contribution in [0.5, 0.6) is 0 Å². The van der Waals surface area contributed by atoms with E-state index < -0.39 is 0 Å². The normalized spacial score (nSPS) is 34.6. The van der Waals surface area contributed by atoms with Gasteiger partial charge in [-0.3, -0.25) is 14.5 Å². The van der Waals surface area contributed by atoms with Crippen molar-refractivity contribution in [1.82, 2.24) is 20.0 Å². The zero-order chi connectivity index (χ0) is 19.1. The minimum atomic E-state index is -0.0522. The lowest BCUT2D eigenvalue weighted by atomic mass is 9.75. The van der Waals surface area contributed by atoms with Crippen LogP contribution in [0.15, 0.2) is 22.8 Å². The molecule has 3 fully saturated rings. The summed E-state index contributed by atoms with van der Waals surface area (Å²) >= 11 is 0. The highest BCUT2D eigenvalue weighted by atomic mass is 16.3. The third-order valence-electron chi connectivity index (χ3n) is 6.70. The number of amides is 2. The second-order valence-corrected chi connectivity index (χ2v) is 8.35. The first-order valence-electron chi connectivity index (χ1n) is 10.0. The van der Waals surface area contributed by atoms with Crippen molar-refractivity contribution in [3.8, 4) is 0 Å². The highest BCUT2D eigenvalue weighted by molar-refractivity contribution is 5.92.